The molecule has 0 saturated heterocycles. The fourth-order valence-electron chi connectivity index (χ4n) is 2.02. The summed E-state index contributed by atoms with van der Waals surface area (Å²) < 4.78 is 31.9. The molecule has 0 saturated carbocycles. The molecule has 8 nitrogen and oxygen atoms in total. The van der Waals surface area contributed by atoms with Crippen molar-refractivity contribution in [3.05, 3.63) is 58.3 Å². The highest BCUT2D eigenvalue weighted by atomic mass is 32.2. The van der Waals surface area contributed by atoms with Crippen LogP contribution in [-0.2, 0) is 16.6 Å². The van der Waals surface area contributed by atoms with Crippen molar-refractivity contribution in [1.29, 1.82) is 0 Å². The number of thiazole rings is 1. The average Bonchev–Trinajstić information content (AvgIpc) is 3.24. The lowest BCUT2D eigenvalue weighted by Crippen LogP contribution is -2.30. The van der Waals surface area contributed by atoms with Gasteiger partial charge in [-0.2, -0.15) is 5.10 Å². The van der Waals surface area contributed by atoms with Gasteiger partial charge >= 0.3 is 0 Å². The second kappa shape index (κ2) is 7.03. The third-order valence-electron chi connectivity index (χ3n) is 3.29. The van der Waals surface area contributed by atoms with Crippen LogP contribution in [0.25, 0.3) is 0 Å². The van der Waals surface area contributed by atoms with E-state index in [1.807, 2.05) is 10.1 Å². The summed E-state index contributed by atoms with van der Waals surface area (Å²) in [5.74, 6) is -0.176. The Balaban J connectivity index is 1.65. The monoisotopic (exact) mass is 378 g/mol. The van der Waals surface area contributed by atoms with Gasteiger partial charge in [-0.15, -0.1) is 11.3 Å². The molecule has 2 N–H and O–H groups in total. The van der Waals surface area contributed by atoms with Gasteiger partial charge in [-0.05, 0) is 31.2 Å². The van der Waals surface area contributed by atoms with Crippen LogP contribution in [0.1, 0.15) is 21.7 Å². The molecule has 0 radical (unpaired) electrons. The third-order valence-corrected chi connectivity index (χ3v) is 5.37. The smallest absolute Gasteiger partial charge is 0.267 e. The van der Waals surface area contributed by atoms with Gasteiger partial charge in [-0.25, -0.2) is 18.1 Å². The van der Waals surface area contributed by atoms with E-state index in [4.69, 9.17) is 4.74 Å². The second-order valence-electron chi connectivity index (χ2n) is 5.09. The van der Waals surface area contributed by atoms with Gasteiger partial charge in [0, 0.05) is 10.9 Å². The first-order chi connectivity index (χ1) is 12.0. The zero-order chi connectivity index (χ0) is 17.9. The van der Waals surface area contributed by atoms with Crippen LogP contribution in [0, 0.1) is 6.92 Å². The number of amides is 1. The first kappa shape index (κ1) is 17.1. The zero-order valence-electron chi connectivity index (χ0n) is 13.1. The van der Waals surface area contributed by atoms with E-state index in [1.165, 1.54) is 23.5 Å². The van der Waals surface area contributed by atoms with Crippen molar-refractivity contribution in [2.75, 3.05) is 0 Å². The lowest BCUT2D eigenvalue weighted by atomic mass is 10.2. The number of hydrogen-bond acceptors (Lipinski definition) is 7. The standard InChI is InChI=1S/C15H14N4O4S2/c1-10-14(6-17-18-10)25(21,22)19-15(20)11-2-4-13(5-3-11)23-7-12-8-24-9-16-12/h2-6,8-9H,7H2,1H3,(H,17,18)(H,19,20). The fraction of sp³-hybridized carbons (Fsp3) is 0.133. The van der Waals surface area contributed by atoms with Gasteiger partial charge in [0.15, 0.2) is 0 Å². The molecule has 1 amide bonds. The van der Waals surface area contributed by atoms with E-state index in [-0.39, 0.29) is 10.5 Å². The molecule has 0 aliphatic carbocycles. The maximum Gasteiger partial charge on any atom is 0.267 e. The molecule has 2 heterocycles. The van der Waals surface area contributed by atoms with Gasteiger partial charge in [0.05, 0.1) is 23.1 Å². The molecule has 130 valence electrons. The molecule has 0 bridgehead atoms. The largest absolute Gasteiger partial charge is 0.487 e. The zero-order valence-corrected chi connectivity index (χ0v) is 14.7. The number of sulfonamides is 1. The van der Waals surface area contributed by atoms with Crippen LogP contribution in [0.3, 0.4) is 0 Å². The van der Waals surface area contributed by atoms with Crippen LogP contribution in [-0.4, -0.2) is 29.5 Å². The van der Waals surface area contributed by atoms with Crippen LogP contribution >= 0.6 is 11.3 Å². The minimum atomic E-state index is -3.98. The predicted octanol–water partition coefficient (Wildman–Crippen LogP) is 1.87. The third kappa shape index (κ3) is 4.03. The molecule has 0 atom stereocenters. The number of carbonyl (C=O) groups is 1. The molecule has 0 spiro atoms. The van der Waals surface area contributed by atoms with Crippen LogP contribution in [0.15, 0.2) is 46.2 Å². The van der Waals surface area contributed by atoms with E-state index in [9.17, 15) is 13.2 Å². The SMILES string of the molecule is Cc1[nH]ncc1S(=O)(=O)NC(=O)c1ccc(OCc2cscn2)cc1. The maximum absolute atomic E-state index is 12.2. The summed E-state index contributed by atoms with van der Waals surface area (Å²) in [5, 5.41) is 8.04. The van der Waals surface area contributed by atoms with Crippen molar-refractivity contribution < 1.29 is 17.9 Å². The van der Waals surface area contributed by atoms with Gasteiger partial charge < -0.3 is 4.74 Å². The molecule has 3 rings (SSSR count). The topological polar surface area (TPSA) is 114 Å². The molecule has 0 aliphatic heterocycles. The number of hydrogen-bond donors (Lipinski definition) is 2. The van der Waals surface area contributed by atoms with Crippen molar-refractivity contribution in [2.45, 2.75) is 18.4 Å². The van der Waals surface area contributed by atoms with Crippen LogP contribution in [0.5, 0.6) is 5.75 Å². The van der Waals surface area contributed by atoms with Crippen LogP contribution in [0.2, 0.25) is 0 Å². The van der Waals surface area contributed by atoms with Crippen molar-refractivity contribution in [1.82, 2.24) is 19.9 Å². The summed E-state index contributed by atoms with van der Waals surface area (Å²) in [6, 6.07) is 6.17. The highest BCUT2D eigenvalue weighted by Crippen LogP contribution is 2.16. The van der Waals surface area contributed by atoms with E-state index < -0.39 is 15.9 Å². The number of ether oxygens (including phenoxy) is 1. The predicted molar refractivity (Wildman–Crippen MR) is 90.9 cm³/mol. The van der Waals surface area contributed by atoms with Gasteiger partial charge in [0.2, 0.25) is 0 Å². The molecule has 10 heteroatoms. The molecule has 25 heavy (non-hydrogen) atoms. The number of nitrogens with zero attached hydrogens (tertiary/aromatic N) is 2. The molecule has 0 fully saturated rings. The van der Waals surface area contributed by atoms with E-state index in [1.54, 1.807) is 24.6 Å². The quantitative estimate of drug-likeness (QED) is 0.677. The Morgan fingerprint density at radius 1 is 1.32 bits per heavy atom. The van der Waals surface area contributed by atoms with Crippen molar-refractivity contribution in [3.8, 4) is 5.75 Å². The van der Waals surface area contributed by atoms with Crippen LogP contribution in [0.4, 0.5) is 0 Å². The van der Waals surface area contributed by atoms with E-state index in [2.05, 4.69) is 15.2 Å². The Hall–Kier alpha value is -2.72. The molecule has 0 aliphatic rings. The number of aromatic amines is 1. The average molecular weight is 378 g/mol. The summed E-state index contributed by atoms with van der Waals surface area (Å²) in [7, 11) is -3.98. The minimum absolute atomic E-state index is 0.0657. The molecule has 2 aromatic heterocycles. The number of aromatic nitrogens is 3. The summed E-state index contributed by atoms with van der Waals surface area (Å²) in [4.78, 5) is 16.2. The lowest BCUT2D eigenvalue weighted by molar-refractivity contribution is 0.0981. The molecule has 1 aromatic carbocycles. The highest BCUT2D eigenvalue weighted by molar-refractivity contribution is 7.90. The Kier molecular flexibility index (Phi) is 4.81. The first-order valence-corrected chi connectivity index (χ1v) is 9.55. The molecule has 0 unspecified atom stereocenters. The number of rotatable bonds is 6. The normalized spacial score (nSPS) is 11.2. The van der Waals surface area contributed by atoms with Gasteiger partial charge in [-0.3, -0.25) is 9.89 Å². The Morgan fingerprint density at radius 3 is 2.68 bits per heavy atom. The maximum atomic E-state index is 12.2. The highest BCUT2D eigenvalue weighted by Gasteiger charge is 2.22. The van der Waals surface area contributed by atoms with Crippen molar-refractivity contribution in [3.63, 3.8) is 0 Å². The molecular formula is C15H14N4O4S2. The number of aryl methyl sites for hydroxylation is 1. The summed E-state index contributed by atoms with van der Waals surface area (Å²) in [5.41, 5.74) is 3.08. The number of nitrogens with one attached hydrogen (secondary N) is 2. The van der Waals surface area contributed by atoms with E-state index >= 15 is 0 Å². The van der Waals surface area contributed by atoms with E-state index in [0.29, 0.717) is 18.1 Å². The summed E-state index contributed by atoms with van der Waals surface area (Å²) >= 11 is 1.48. The number of carbonyl (C=O) groups excluding carboxylic acids is 1. The van der Waals surface area contributed by atoms with Crippen molar-refractivity contribution in [2.24, 2.45) is 0 Å². The van der Waals surface area contributed by atoms with Gasteiger partial charge in [-0.1, -0.05) is 0 Å². The summed E-state index contributed by atoms with van der Waals surface area (Å²) in [6.45, 7) is 1.88. The number of H-pyrrole nitrogens is 1. The molecule has 3 aromatic rings. The Labute approximate surface area is 147 Å². The minimum Gasteiger partial charge on any atom is -0.487 e. The number of benzene rings is 1. The van der Waals surface area contributed by atoms with Gasteiger partial charge in [0.1, 0.15) is 17.3 Å². The Bertz CT molecular complexity index is 963. The van der Waals surface area contributed by atoms with Crippen LogP contribution < -0.4 is 9.46 Å². The first-order valence-electron chi connectivity index (χ1n) is 7.13. The van der Waals surface area contributed by atoms with Crippen molar-refractivity contribution >= 4 is 27.3 Å². The second-order valence-corrected chi connectivity index (χ2v) is 7.46. The van der Waals surface area contributed by atoms with E-state index in [0.717, 1.165) is 11.9 Å². The molecular weight excluding hydrogens is 364 g/mol. The fourth-order valence-corrected chi connectivity index (χ4v) is 3.67. The summed E-state index contributed by atoms with van der Waals surface area (Å²) in [6.07, 6.45) is 1.15. The van der Waals surface area contributed by atoms with Gasteiger partial charge in [0.25, 0.3) is 15.9 Å². The Morgan fingerprint density at radius 2 is 2.08 bits per heavy atom. The lowest BCUT2D eigenvalue weighted by Gasteiger charge is -2.07.